The minimum Gasteiger partial charge on any atom is -0.306 e. The largest absolute Gasteiger partial charge is 0.394 e. The Bertz CT molecular complexity index is 297. The lowest BCUT2D eigenvalue weighted by Crippen LogP contribution is -2.27. The smallest absolute Gasteiger partial charge is 0.306 e. The molecule has 1 unspecified atom stereocenters. The van der Waals surface area contributed by atoms with Crippen LogP contribution >= 0.6 is 0 Å². The average Bonchev–Trinajstić information content (AvgIpc) is 2.34. The van der Waals surface area contributed by atoms with Crippen molar-refractivity contribution in [2.24, 2.45) is 0 Å². The van der Waals surface area contributed by atoms with Crippen LogP contribution in [0.1, 0.15) is 78.1 Å². The molecular weight excluding hydrogens is 290 g/mol. The van der Waals surface area contributed by atoms with E-state index in [2.05, 4.69) is 32.8 Å². The van der Waals surface area contributed by atoms with Gasteiger partial charge in [-0.25, -0.2) is 0 Å². The van der Waals surface area contributed by atoms with Crippen molar-refractivity contribution in [1.29, 1.82) is 0 Å². The van der Waals surface area contributed by atoms with E-state index < -0.39 is 10.4 Å². The van der Waals surface area contributed by atoms with Crippen molar-refractivity contribution in [3.8, 4) is 0 Å². The predicted molar refractivity (Wildman–Crippen MR) is 89.2 cm³/mol. The maximum absolute atomic E-state index is 8.74. The third-order valence-electron chi connectivity index (χ3n) is 3.51. The lowest BCUT2D eigenvalue weighted by Gasteiger charge is -2.24. The Balaban J connectivity index is 0. The number of rotatable bonds is 11. The highest BCUT2D eigenvalue weighted by atomic mass is 32.3. The summed E-state index contributed by atoms with van der Waals surface area (Å²) in [5.41, 5.74) is 0. The van der Waals surface area contributed by atoms with Gasteiger partial charge in [-0.15, -0.1) is 0 Å². The monoisotopic (exact) mass is 325 g/mol. The van der Waals surface area contributed by atoms with Gasteiger partial charge in [0, 0.05) is 6.04 Å². The van der Waals surface area contributed by atoms with Gasteiger partial charge in [0.25, 0.3) is 0 Å². The second-order valence-corrected chi connectivity index (χ2v) is 6.66. The second-order valence-electron chi connectivity index (χ2n) is 5.76. The van der Waals surface area contributed by atoms with E-state index in [0.29, 0.717) is 0 Å². The summed E-state index contributed by atoms with van der Waals surface area (Å²) in [4.78, 5) is 2.43. The standard InChI is InChI=1S/C15H33N.H2O4S/c1-5-7-9-10-12-14-15(16(3)4)13-11-8-6-2;1-5(2,3)4/h15H,5-14H2,1-4H3;(H2,1,2,3,4). The van der Waals surface area contributed by atoms with Gasteiger partial charge >= 0.3 is 10.4 Å². The molecule has 0 aliphatic carbocycles. The van der Waals surface area contributed by atoms with Crippen molar-refractivity contribution in [2.45, 2.75) is 84.1 Å². The van der Waals surface area contributed by atoms with Crippen molar-refractivity contribution in [2.75, 3.05) is 14.1 Å². The first-order valence-electron chi connectivity index (χ1n) is 8.08. The van der Waals surface area contributed by atoms with Crippen LogP contribution in [0.4, 0.5) is 0 Å². The zero-order valence-corrected chi connectivity index (χ0v) is 15.0. The van der Waals surface area contributed by atoms with Gasteiger partial charge in [-0.3, -0.25) is 9.11 Å². The summed E-state index contributed by atoms with van der Waals surface area (Å²) in [6, 6.07) is 0.827. The van der Waals surface area contributed by atoms with Crippen LogP contribution in [0.3, 0.4) is 0 Å². The summed E-state index contributed by atoms with van der Waals surface area (Å²) in [5, 5.41) is 0. The maximum Gasteiger partial charge on any atom is 0.394 e. The van der Waals surface area contributed by atoms with Crippen LogP contribution in [0.2, 0.25) is 0 Å². The van der Waals surface area contributed by atoms with Crippen LogP contribution in [0.15, 0.2) is 0 Å². The zero-order valence-electron chi connectivity index (χ0n) is 14.2. The van der Waals surface area contributed by atoms with Gasteiger partial charge in [-0.1, -0.05) is 65.2 Å². The van der Waals surface area contributed by atoms with Crippen LogP contribution < -0.4 is 0 Å². The van der Waals surface area contributed by atoms with Crippen molar-refractivity contribution in [1.82, 2.24) is 4.90 Å². The molecule has 130 valence electrons. The first-order valence-corrected chi connectivity index (χ1v) is 9.48. The summed E-state index contributed by atoms with van der Waals surface area (Å²) >= 11 is 0. The molecule has 0 fully saturated rings. The molecule has 6 heteroatoms. The van der Waals surface area contributed by atoms with Gasteiger partial charge in [-0.2, -0.15) is 8.42 Å². The summed E-state index contributed by atoms with van der Waals surface area (Å²) in [6.07, 6.45) is 14.0. The van der Waals surface area contributed by atoms with Crippen LogP contribution in [0, 0.1) is 0 Å². The van der Waals surface area contributed by atoms with E-state index in [1.54, 1.807) is 0 Å². The molecule has 0 heterocycles. The number of hydrogen-bond donors (Lipinski definition) is 2. The fraction of sp³-hybridized carbons (Fsp3) is 1.00. The molecular formula is C15H35NO4S. The highest BCUT2D eigenvalue weighted by Gasteiger charge is 2.09. The molecule has 0 spiro atoms. The number of unbranched alkanes of at least 4 members (excludes halogenated alkanes) is 6. The van der Waals surface area contributed by atoms with Crippen LogP contribution in [-0.4, -0.2) is 42.6 Å². The molecule has 0 aromatic carbocycles. The van der Waals surface area contributed by atoms with Crippen LogP contribution in [0.25, 0.3) is 0 Å². The lowest BCUT2D eigenvalue weighted by atomic mass is 10.0. The molecule has 0 aromatic heterocycles. The summed E-state index contributed by atoms with van der Waals surface area (Å²) < 4.78 is 31.6. The van der Waals surface area contributed by atoms with E-state index in [0.717, 1.165) is 6.04 Å². The second kappa shape index (κ2) is 14.8. The normalized spacial score (nSPS) is 12.9. The fourth-order valence-corrected chi connectivity index (χ4v) is 2.27. The highest BCUT2D eigenvalue weighted by Crippen LogP contribution is 2.15. The number of nitrogens with zero attached hydrogens (tertiary/aromatic N) is 1. The van der Waals surface area contributed by atoms with E-state index in [1.165, 1.54) is 64.2 Å². The first kappa shape index (κ1) is 23.1. The van der Waals surface area contributed by atoms with E-state index in [4.69, 9.17) is 17.5 Å². The number of hydrogen-bond acceptors (Lipinski definition) is 3. The maximum atomic E-state index is 8.74. The Morgan fingerprint density at radius 2 is 1.14 bits per heavy atom. The highest BCUT2D eigenvalue weighted by molar-refractivity contribution is 7.79. The molecule has 0 aromatic rings. The molecule has 0 saturated heterocycles. The van der Waals surface area contributed by atoms with E-state index in [-0.39, 0.29) is 0 Å². The molecule has 0 rings (SSSR count). The van der Waals surface area contributed by atoms with Crippen molar-refractivity contribution in [3.63, 3.8) is 0 Å². The SMILES string of the molecule is CCCCCCCC(CCCCC)N(C)C.O=S(=O)(O)O. The summed E-state index contributed by atoms with van der Waals surface area (Å²) in [5.74, 6) is 0. The van der Waals surface area contributed by atoms with Crippen LogP contribution in [0.5, 0.6) is 0 Å². The fourth-order valence-electron chi connectivity index (χ4n) is 2.27. The van der Waals surface area contributed by atoms with Crippen molar-refractivity contribution < 1.29 is 17.5 Å². The van der Waals surface area contributed by atoms with Crippen molar-refractivity contribution in [3.05, 3.63) is 0 Å². The van der Waals surface area contributed by atoms with Gasteiger partial charge < -0.3 is 4.90 Å². The molecule has 5 nitrogen and oxygen atoms in total. The Hall–Kier alpha value is -0.170. The Kier molecular flexibility index (Phi) is 16.2. The minimum atomic E-state index is -4.67. The molecule has 0 amide bonds. The van der Waals surface area contributed by atoms with E-state index in [9.17, 15) is 0 Å². The van der Waals surface area contributed by atoms with Gasteiger partial charge in [-0.05, 0) is 26.9 Å². The van der Waals surface area contributed by atoms with E-state index in [1.807, 2.05) is 0 Å². The van der Waals surface area contributed by atoms with Gasteiger partial charge in [0.15, 0.2) is 0 Å². The molecule has 1 atom stereocenters. The van der Waals surface area contributed by atoms with Gasteiger partial charge in [0.05, 0.1) is 0 Å². The molecule has 0 aliphatic rings. The molecule has 0 radical (unpaired) electrons. The first-order chi connectivity index (χ1) is 9.72. The molecule has 2 N–H and O–H groups in total. The molecule has 0 aliphatic heterocycles. The third kappa shape index (κ3) is 25.2. The minimum absolute atomic E-state index is 0.827. The topological polar surface area (TPSA) is 77.8 Å². The Labute approximate surface area is 131 Å². The zero-order chi connectivity index (χ0) is 16.7. The predicted octanol–water partition coefficient (Wildman–Crippen LogP) is 4.20. The third-order valence-corrected chi connectivity index (χ3v) is 3.51. The molecule has 0 saturated carbocycles. The Morgan fingerprint density at radius 1 is 0.810 bits per heavy atom. The summed E-state index contributed by atoms with van der Waals surface area (Å²) in [7, 11) is -0.189. The van der Waals surface area contributed by atoms with Gasteiger partial charge in [0.2, 0.25) is 0 Å². The molecule has 0 bridgehead atoms. The lowest BCUT2D eigenvalue weighted by molar-refractivity contribution is 0.252. The van der Waals surface area contributed by atoms with Gasteiger partial charge in [0.1, 0.15) is 0 Å². The molecule has 21 heavy (non-hydrogen) atoms. The Morgan fingerprint density at radius 3 is 1.52 bits per heavy atom. The average molecular weight is 326 g/mol. The van der Waals surface area contributed by atoms with Crippen molar-refractivity contribution >= 4 is 10.4 Å². The summed E-state index contributed by atoms with van der Waals surface area (Å²) in [6.45, 7) is 4.57. The van der Waals surface area contributed by atoms with Crippen LogP contribution in [-0.2, 0) is 10.4 Å². The quantitative estimate of drug-likeness (QED) is 0.439. The van der Waals surface area contributed by atoms with E-state index >= 15 is 0 Å².